The van der Waals surface area contributed by atoms with Crippen LogP contribution in [0.25, 0.3) is 0 Å². The summed E-state index contributed by atoms with van der Waals surface area (Å²) in [5, 5.41) is 16.9. The Morgan fingerprint density at radius 2 is 1.47 bits per heavy atom. The van der Waals surface area contributed by atoms with Crippen LogP contribution in [0.5, 0.6) is 0 Å². The fraction of sp³-hybridized carbons (Fsp3) is 0.600. The van der Waals surface area contributed by atoms with E-state index in [-0.39, 0.29) is 24.8 Å². The summed E-state index contributed by atoms with van der Waals surface area (Å²) in [6.07, 6.45) is 7.55. The van der Waals surface area contributed by atoms with Crippen LogP contribution >= 0.6 is 0 Å². The zero-order valence-corrected chi connectivity index (χ0v) is 20.0. The number of rotatable bonds is 19. The van der Waals surface area contributed by atoms with E-state index in [2.05, 4.69) is 28.1 Å². The Labute approximate surface area is 202 Å². The molecule has 34 heavy (non-hydrogen) atoms. The molecule has 190 valence electrons. The minimum absolute atomic E-state index is 0.0280. The fourth-order valence-electron chi connectivity index (χ4n) is 3.43. The van der Waals surface area contributed by atoms with Crippen LogP contribution in [0.2, 0.25) is 0 Å². The largest absolute Gasteiger partial charge is 0.480 e. The highest BCUT2D eigenvalue weighted by atomic mass is 16.4. The first-order chi connectivity index (χ1) is 16.4. The number of amides is 3. The van der Waals surface area contributed by atoms with Crippen LogP contribution in [0.1, 0.15) is 69.8 Å². The van der Waals surface area contributed by atoms with Gasteiger partial charge in [0.15, 0.2) is 0 Å². The zero-order valence-electron chi connectivity index (χ0n) is 20.0. The van der Waals surface area contributed by atoms with Crippen molar-refractivity contribution in [1.29, 1.82) is 0 Å². The molecule has 0 spiro atoms. The molecule has 0 saturated carbocycles. The molecule has 9 heteroatoms. The second-order valence-corrected chi connectivity index (χ2v) is 8.37. The lowest BCUT2D eigenvalue weighted by Gasteiger charge is -2.14. The second kappa shape index (κ2) is 18.5. The molecule has 3 amide bonds. The van der Waals surface area contributed by atoms with Gasteiger partial charge >= 0.3 is 5.97 Å². The van der Waals surface area contributed by atoms with Gasteiger partial charge in [0, 0.05) is 19.4 Å². The average Bonchev–Trinajstić information content (AvgIpc) is 2.82. The molecule has 0 fully saturated rings. The summed E-state index contributed by atoms with van der Waals surface area (Å²) in [7, 11) is 0. The van der Waals surface area contributed by atoms with Gasteiger partial charge in [-0.15, -0.1) is 0 Å². The number of nitrogens with two attached hydrogens (primary N) is 1. The van der Waals surface area contributed by atoms with Gasteiger partial charge < -0.3 is 26.8 Å². The Morgan fingerprint density at radius 3 is 2.15 bits per heavy atom. The van der Waals surface area contributed by atoms with Crippen molar-refractivity contribution in [2.24, 2.45) is 5.73 Å². The Hall–Kier alpha value is -2.94. The highest BCUT2D eigenvalue weighted by Gasteiger charge is 2.19. The minimum atomic E-state index is -1.11. The Kier molecular flexibility index (Phi) is 15.8. The van der Waals surface area contributed by atoms with Gasteiger partial charge in [-0.3, -0.25) is 14.4 Å². The first-order valence-electron chi connectivity index (χ1n) is 12.2. The molecule has 0 aliphatic carbocycles. The van der Waals surface area contributed by atoms with E-state index in [1.807, 2.05) is 18.2 Å². The summed E-state index contributed by atoms with van der Waals surface area (Å²) in [6, 6.07) is 9.32. The van der Waals surface area contributed by atoms with Crippen molar-refractivity contribution >= 4 is 23.7 Å². The van der Waals surface area contributed by atoms with Crippen molar-refractivity contribution in [3.05, 3.63) is 35.9 Å². The van der Waals surface area contributed by atoms with Crippen LogP contribution in [0.4, 0.5) is 0 Å². The zero-order chi connectivity index (χ0) is 25.0. The van der Waals surface area contributed by atoms with Crippen molar-refractivity contribution in [2.45, 2.75) is 76.7 Å². The molecule has 0 aliphatic rings. The van der Waals surface area contributed by atoms with E-state index in [4.69, 9.17) is 10.8 Å². The molecule has 6 N–H and O–H groups in total. The molecular formula is C25H40N4O5. The second-order valence-electron chi connectivity index (χ2n) is 8.37. The first-order valence-corrected chi connectivity index (χ1v) is 12.2. The van der Waals surface area contributed by atoms with Crippen LogP contribution in [-0.2, 0) is 25.6 Å². The number of carbonyl (C=O) groups is 4. The molecule has 0 aliphatic heterocycles. The molecule has 0 unspecified atom stereocenters. The summed E-state index contributed by atoms with van der Waals surface area (Å²) in [5.41, 5.74) is 6.71. The highest BCUT2D eigenvalue weighted by molar-refractivity contribution is 5.87. The van der Waals surface area contributed by atoms with Gasteiger partial charge in [-0.25, -0.2) is 4.79 Å². The monoisotopic (exact) mass is 476 g/mol. The third kappa shape index (κ3) is 15.0. The van der Waals surface area contributed by atoms with Crippen molar-refractivity contribution in [1.82, 2.24) is 16.0 Å². The minimum Gasteiger partial charge on any atom is -0.480 e. The smallest absolute Gasteiger partial charge is 0.326 e. The number of hydrogen-bond acceptors (Lipinski definition) is 5. The van der Waals surface area contributed by atoms with Gasteiger partial charge in [-0.1, -0.05) is 36.8 Å². The third-order valence-corrected chi connectivity index (χ3v) is 5.39. The SMILES string of the molecule is NCCCC[C@H](NC(=O)CNC(=O)CCCCNC(=O)CCCCCc1ccccc1)C(=O)O. The summed E-state index contributed by atoms with van der Waals surface area (Å²) < 4.78 is 0. The summed E-state index contributed by atoms with van der Waals surface area (Å²) in [5.74, 6) is -1.90. The normalized spacial score (nSPS) is 11.4. The highest BCUT2D eigenvalue weighted by Crippen LogP contribution is 2.07. The Bertz CT molecular complexity index is 742. The van der Waals surface area contributed by atoms with E-state index < -0.39 is 17.9 Å². The number of unbranched alkanes of at least 4 members (excludes halogenated alkanes) is 4. The number of aliphatic carboxylic acids is 1. The summed E-state index contributed by atoms with van der Waals surface area (Å²) in [4.78, 5) is 46.8. The first kappa shape index (κ1) is 29.1. The fourth-order valence-corrected chi connectivity index (χ4v) is 3.43. The molecule has 1 aromatic rings. The average molecular weight is 477 g/mol. The maximum absolute atomic E-state index is 11.9. The quantitative estimate of drug-likeness (QED) is 0.192. The maximum Gasteiger partial charge on any atom is 0.326 e. The number of aryl methyl sites for hydroxylation is 1. The predicted molar refractivity (Wildman–Crippen MR) is 131 cm³/mol. The molecule has 0 radical (unpaired) electrons. The van der Waals surface area contributed by atoms with Crippen molar-refractivity contribution in [3.63, 3.8) is 0 Å². The maximum atomic E-state index is 11.9. The standard InChI is InChI=1S/C25H40N4O5/c26-17-9-7-14-21(25(33)34)29-24(32)19-28-23(31)16-8-10-18-27-22(30)15-6-2-5-13-20-11-3-1-4-12-20/h1,3-4,11-12,21H,2,5-10,13-19,26H2,(H,27,30)(H,28,31)(H,29,32)(H,33,34)/t21-/m0/s1. The lowest BCUT2D eigenvalue weighted by molar-refractivity contribution is -0.142. The number of carboxylic acids is 1. The molecule has 1 atom stereocenters. The van der Waals surface area contributed by atoms with Gasteiger partial charge in [0.05, 0.1) is 6.54 Å². The van der Waals surface area contributed by atoms with Crippen LogP contribution in [0.15, 0.2) is 30.3 Å². The molecule has 9 nitrogen and oxygen atoms in total. The number of hydrogen-bond donors (Lipinski definition) is 5. The molecule has 1 aromatic carbocycles. The third-order valence-electron chi connectivity index (χ3n) is 5.39. The molecule has 0 saturated heterocycles. The molecule has 0 aromatic heterocycles. The van der Waals surface area contributed by atoms with Gasteiger partial charge in [-0.2, -0.15) is 0 Å². The van der Waals surface area contributed by atoms with E-state index in [1.54, 1.807) is 0 Å². The molecular weight excluding hydrogens is 436 g/mol. The van der Waals surface area contributed by atoms with E-state index in [9.17, 15) is 19.2 Å². The Morgan fingerprint density at radius 1 is 0.794 bits per heavy atom. The van der Waals surface area contributed by atoms with Crippen LogP contribution in [-0.4, -0.2) is 54.5 Å². The van der Waals surface area contributed by atoms with Gasteiger partial charge in [0.25, 0.3) is 0 Å². The van der Waals surface area contributed by atoms with Gasteiger partial charge in [-0.05, 0) is 63.5 Å². The van der Waals surface area contributed by atoms with Gasteiger partial charge in [0.2, 0.25) is 17.7 Å². The van der Waals surface area contributed by atoms with Crippen molar-refractivity contribution < 1.29 is 24.3 Å². The molecule has 0 heterocycles. The number of nitrogens with one attached hydrogen (secondary N) is 3. The molecule has 1 rings (SSSR count). The lowest BCUT2D eigenvalue weighted by Crippen LogP contribution is -2.45. The number of benzene rings is 1. The topological polar surface area (TPSA) is 151 Å². The van der Waals surface area contributed by atoms with E-state index in [0.29, 0.717) is 51.6 Å². The summed E-state index contributed by atoms with van der Waals surface area (Å²) in [6.45, 7) is 0.718. The predicted octanol–water partition coefficient (Wildman–Crippen LogP) is 1.89. The van der Waals surface area contributed by atoms with E-state index in [1.165, 1.54) is 5.56 Å². The number of carbonyl (C=O) groups excluding carboxylic acids is 3. The van der Waals surface area contributed by atoms with Crippen LogP contribution in [0.3, 0.4) is 0 Å². The van der Waals surface area contributed by atoms with Crippen LogP contribution < -0.4 is 21.7 Å². The number of carboxylic acid groups (broad SMARTS) is 1. The molecule has 0 bridgehead atoms. The Balaban J connectivity index is 2.02. The van der Waals surface area contributed by atoms with E-state index >= 15 is 0 Å². The van der Waals surface area contributed by atoms with Crippen LogP contribution in [0, 0.1) is 0 Å². The van der Waals surface area contributed by atoms with Crippen molar-refractivity contribution in [3.8, 4) is 0 Å². The lowest BCUT2D eigenvalue weighted by atomic mass is 10.1. The van der Waals surface area contributed by atoms with Crippen molar-refractivity contribution in [2.75, 3.05) is 19.6 Å². The van der Waals surface area contributed by atoms with E-state index in [0.717, 1.165) is 25.7 Å². The summed E-state index contributed by atoms with van der Waals surface area (Å²) >= 11 is 0. The van der Waals surface area contributed by atoms with Gasteiger partial charge in [0.1, 0.15) is 6.04 Å².